The molecule has 7 nitrogen and oxygen atoms in total. The third-order valence-electron chi connectivity index (χ3n) is 3.33. The van der Waals surface area contributed by atoms with Gasteiger partial charge in [0.1, 0.15) is 6.54 Å². The first-order valence-electron chi connectivity index (χ1n) is 5.88. The van der Waals surface area contributed by atoms with Crippen LogP contribution in [0.5, 0.6) is 0 Å². The predicted octanol–water partition coefficient (Wildman–Crippen LogP) is -0.242. The van der Waals surface area contributed by atoms with Crippen LogP contribution in [0.25, 0.3) is 0 Å². The van der Waals surface area contributed by atoms with Crippen LogP contribution < -0.4 is 11.1 Å². The molecule has 1 fully saturated rings. The number of nitrogens with two attached hydrogens (primary N) is 1. The molecule has 0 saturated heterocycles. The summed E-state index contributed by atoms with van der Waals surface area (Å²) in [7, 11) is 1.43. The Kier molecular flexibility index (Phi) is 4.52. The molecular formula is C11H19N3O4. The van der Waals surface area contributed by atoms with Crippen molar-refractivity contribution in [1.82, 2.24) is 10.2 Å². The van der Waals surface area contributed by atoms with E-state index in [1.54, 1.807) is 0 Å². The summed E-state index contributed by atoms with van der Waals surface area (Å²) in [4.78, 5) is 34.6. The summed E-state index contributed by atoms with van der Waals surface area (Å²) >= 11 is 0. The molecule has 7 heteroatoms. The van der Waals surface area contributed by atoms with E-state index in [0.29, 0.717) is 12.8 Å². The Morgan fingerprint density at radius 3 is 2.33 bits per heavy atom. The second-order valence-corrected chi connectivity index (χ2v) is 4.77. The Bertz CT molecular complexity index is 350. The number of rotatable bonds is 5. The van der Waals surface area contributed by atoms with Gasteiger partial charge < -0.3 is 21.1 Å². The minimum atomic E-state index is -0.877. The van der Waals surface area contributed by atoms with Gasteiger partial charge in [0.2, 0.25) is 5.91 Å². The van der Waals surface area contributed by atoms with Crippen molar-refractivity contribution in [2.75, 3.05) is 20.1 Å². The number of urea groups is 1. The lowest BCUT2D eigenvalue weighted by atomic mass is 9.86. The summed E-state index contributed by atoms with van der Waals surface area (Å²) in [6.45, 7) is -0.101. The molecule has 1 aliphatic rings. The van der Waals surface area contributed by atoms with Gasteiger partial charge in [-0.2, -0.15) is 0 Å². The summed E-state index contributed by atoms with van der Waals surface area (Å²) in [5.74, 6) is -1.49. The van der Waals surface area contributed by atoms with Crippen molar-refractivity contribution < 1.29 is 19.5 Å². The highest BCUT2D eigenvalue weighted by Gasteiger charge is 2.41. The van der Waals surface area contributed by atoms with Gasteiger partial charge in [0.15, 0.2) is 0 Å². The first kappa shape index (κ1) is 14.3. The lowest BCUT2D eigenvalue weighted by Crippen LogP contribution is -2.47. The first-order chi connectivity index (χ1) is 8.37. The minimum absolute atomic E-state index is 0.0876. The number of aliphatic carboxylic acids is 1. The Balaban J connectivity index is 2.50. The number of carboxylic acid groups (broad SMARTS) is 1. The molecule has 0 spiro atoms. The molecule has 18 heavy (non-hydrogen) atoms. The number of carbonyl (C=O) groups excluding carboxylic acids is 2. The molecule has 102 valence electrons. The Morgan fingerprint density at radius 1 is 1.33 bits per heavy atom. The number of hydrogen-bond acceptors (Lipinski definition) is 3. The van der Waals surface area contributed by atoms with E-state index in [9.17, 15) is 19.5 Å². The van der Waals surface area contributed by atoms with E-state index in [1.807, 2.05) is 0 Å². The topological polar surface area (TPSA) is 113 Å². The largest absolute Gasteiger partial charge is 0.481 e. The number of hydrogen-bond donors (Lipinski definition) is 3. The molecule has 1 saturated carbocycles. The van der Waals surface area contributed by atoms with Gasteiger partial charge in [-0.15, -0.1) is 0 Å². The molecule has 0 aliphatic heterocycles. The third-order valence-corrected chi connectivity index (χ3v) is 3.33. The molecule has 3 amide bonds. The molecule has 1 aliphatic carbocycles. The van der Waals surface area contributed by atoms with Gasteiger partial charge in [0.25, 0.3) is 0 Å². The van der Waals surface area contributed by atoms with E-state index in [-0.39, 0.29) is 13.1 Å². The van der Waals surface area contributed by atoms with Gasteiger partial charge in [-0.25, -0.2) is 4.79 Å². The SMILES string of the molecule is CN(CC(N)=O)C(=O)NCC1(C(=O)O)CCCC1. The highest BCUT2D eigenvalue weighted by Crippen LogP contribution is 2.37. The highest BCUT2D eigenvalue weighted by atomic mass is 16.4. The zero-order chi connectivity index (χ0) is 13.8. The average Bonchev–Trinajstić information content (AvgIpc) is 2.74. The Morgan fingerprint density at radius 2 is 1.89 bits per heavy atom. The van der Waals surface area contributed by atoms with Gasteiger partial charge in [0.05, 0.1) is 5.41 Å². The van der Waals surface area contributed by atoms with E-state index < -0.39 is 23.3 Å². The van der Waals surface area contributed by atoms with Crippen molar-refractivity contribution in [2.45, 2.75) is 25.7 Å². The number of carboxylic acids is 1. The van der Waals surface area contributed by atoms with Gasteiger partial charge >= 0.3 is 12.0 Å². The van der Waals surface area contributed by atoms with Crippen LogP contribution in [-0.4, -0.2) is 48.1 Å². The fraction of sp³-hybridized carbons (Fsp3) is 0.727. The highest BCUT2D eigenvalue weighted by molar-refractivity contribution is 5.83. The number of nitrogens with one attached hydrogen (secondary N) is 1. The fourth-order valence-electron chi connectivity index (χ4n) is 2.20. The third kappa shape index (κ3) is 3.35. The van der Waals surface area contributed by atoms with Crippen LogP contribution in [0.4, 0.5) is 4.79 Å². The van der Waals surface area contributed by atoms with E-state index in [0.717, 1.165) is 17.7 Å². The summed E-state index contributed by atoms with van der Waals surface area (Å²) in [5.41, 5.74) is 4.11. The molecule has 0 heterocycles. The Labute approximate surface area is 105 Å². The summed E-state index contributed by atoms with van der Waals surface area (Å²) in [5, 5.41) is 11.8. The second-order valence-electron chi connectivity index (χ2n) is 4.77. The van der Waals surface area contributed by atoms with Gasteiger partial charge in [0, 0.05) is 13.6 Å². The summed E-state index contributed by atoms with van der Waals surface area (Å²) in [6.07, 6.45) is 2.86. The molecule has 0 unspecified atom stereocenters. The average molecular weight is 257 g/mol. The van der Waals surface area contributed by atoms with E-state index in [1.165, 1.54) is 7.05 Å². The molecule has 0 bridgehead atoms. The minimum Gasteiger partial charge on any atom is -0.481 e. The van der Waals surface area contributed by atoms with Crippen molar-refractivity contribution in [2.24, 2.45) is 11.1 Å². The van der Waals surface area contributed by atoms with Gasteiger partial charge in [-0.3, -0.25) is 9.59 Å². The van der Waals surface area contributed by atoms with E-state index in [4.69, 9.17) is 5.73 Å². The molecule has 1 rings (SSSR count). The predicted molar refractivity (Wildman–Crippen MR) is 63.8 cm³/mol. The molecule has 0 atom stereocenters. The molecular weight excluding hydrogens is 238 g/mol. The van der Waals surface area contributed by atoms with E-state index >= 15 is 0 Å². The number of likely N-dealkylation sites (N-methyl/N-ethyl adjacent to an activating group) is 1. The summed E-state index contributed by atoms with van der Waals surface area (Å²) in [6, 6.07) is -0.485. The fourth-order valence-corrected chi connectivity index (χ4v) is 2.20. The zero-order valence-corrected chi connectivity index (χ0v) is 10.4. The summed E-state index contributed by atoms with van der Waals surface area (Å²) < 4.78 is 0. The number of carbonyl (C=O) groups is 3. The Hall–Kier alpha value is -1.79. The van der Waals surface area contributed by atoms with Crippen molar-refractivity contribution in [3.63, 3.8) is 0 Å². The number of primary amides is 1. The quantitative estimate of drug-likeness (QED) is 0.630. The number of amides is 3. The lowest BCUT2D eigenvalue weighted by molar-refractivity contribution is -0.148. The first-order valence-corrected chi connectivity index (χ1v) is 5.88. The second kappa shape index (κ2) is 5.70. The molecule has 4 N–H and O–H groups in total. The van der Waals surface area contributed by atoms with Crippen LogP contribution in [-0.2, 0) is 9.59 Å². The monoisotopic (exact) mass is 257 g/mol. The van der Waals surface area contributed by atoms with Crippen molar-refractivity contribution in [3.8, 4) is 0 Å². The molecule has 0 aromatic rings. The molecule has 0 radical (unpaired) electrons. The lowest BCUT2D eigenvalue weighted by Gasteiger charge is -2.25. The van der Waals surface area contributed by atoms with Crippen LogP contribution in [0, 0.1) is 5.41 Å². The normalized spacial score (nSPS) is 17.2. The van der Waals surface area contributed by atoms with Crippen LogP contribution >= 0.6 is 0 Å². The van der Waals surface area contributed by atoms with Crippen molar-refractivity contribution >= 4 is 17.9 Å². The standard InChI is InChI=1S/C11H19N3O4/c1-14(6-8(12)15)10(18)13-7-11(9(16)17)4-2-3-5-11/h2-7H2,1H3,(H2,12,15)(H,13,18)(H,16,17). The van der Waals surface area contributed by atoms with Crippen LogP contribution in [0.1, 0.15) is 25.7 Å². The molecule has 0 aromatic carbocycles. The van der Waals surface area contributed by atoms with Crippen LogP contribution in [0.3, 0.4) is 0 Å². The molecule has 0 aromatic heterocycles. The zero-order valence-electron chi connectivity index (χ0n) is 10.4. The maximum Gasteiger partial charge on any atom is 0.317 e. The maximum absolute atomic E-state index is 11.6. The van der Waals surface area contributed by atoms with Gasteiger partial charge in [-0.05, 0) is 12.8 Å². The van der Waals surface area contributed by atoms with Crippen molar-refractivity contribution in [3.05, 3.63) is 0 Å². The number of nitrogens with zero attached hydrogens (tertiary/aromatic N) is 1. The maximum atomic E-state index is 11.6. The van der Waals surface area contributed by atoms with Crippen LogP contribution in [0.15, 0.2) is 0 Å². The van der Waals surface area contributed by atoms with Gasteiger partial charge in [-0.1, -0.05) is 12.8 Å². The smallest absolute Gasteiger partial charge is 0.317 e. The van der Waals surface area contributed by atoms with Crippen LogP contribution in [0.2, 0.25) is 0 Å². The van der Waals surface area contributed by atoms with E-state index in [2.05, 4.69) is 5.32 Å². The van der Waals surface area contributed by atoms with Crippen molar-refractivity contribution in [1.29, 1.82) is 0 Å².